The van der Waals surface area contributed by atoms with Crippen LogP contribution in [-0.2, 0) is 14.2 Å². The van der Waals surface area contributed by atoms with Crippen LogP contribution in [-0.4, -0.2) is 51.9 Å². The molecule has 1 N–H and O–H groups in total. The molecule has 1 aromatic rings. The van der Waals surface area contributed by atoms with Crippen LogP contribution >= 0.6 is 0 Å². The van der Waals surface area contributed by atoms with E-state index in [2.05, 4.69) is 0 Å². The van der Waals surface area contributed by atoms with Crippen LogP contribution in [0.25, 0.3) is 0 Å². The fourth-order valence-corrected chi connectivity index (χ4v) is 1.89. The molecule has 0 heterocycles. The fourth-order valence-electron chi connectivity index (χ4n) is 1.89. The molecule has 0 radical (unpaired) electrons. The second kappa shape index (κ2) is 7.97. The van der Waals surface area contributed by atoms with Gasteiger partial charge in [0.25, 0.3) is 0 Å². The highest BCUT2D eigenvalue weighted by molar-refractivity contribution is 5.89. The molecule has 0 fully saturated rings. The van der Waals surface area contributed by atoms with E-state index < -0.39 is 17.7 Å². The first-order chi connectivity index (χ1) is 10.0. The molecule has 0 bridgehead atoms. The highest BCUT2D eigenvalue weighted by atomic mass is 16.7. The molecule has 1 aromatic carbocycles. The Hall–Kier alpha value is -1.63. The highest BCUT2D eigenvalue weighted by Crippen LogP contribution is 2.25. The van der Waals surface area contributed by atoms with E-state index in [1.165, 1.54) is 14.2 Å². The van der Waals surface area contributed by atoms with E-state index in [4.69, 9.17) is 18.9 Å². The van der Waals surface area contributed by atoms with Gasteiger partial charge in [0, 0.05) is 14.2 Å². The summed E-state index contributed by atoms with van der Waals surface area (Å²) < 4.78 is 20.5. The molecule has 1 atom stereocenters. The lowest BCUT2D eigenvalue weighted by molar-refractivity contribution is -0.195. The van der Waals surface area contributed by atoms with Gasteiger partial charge in [0.2, 0.25) is 0 Å². The van der Waals surface area contributed by atoms with E-state index in [1.54, 1.807) is 38.3 Å². The van der Waals surface area contributed by atoms with Crippen LogP contribution in [0.3, 0.4) is 0 Å². The van der Waals surface area contributed by atoms with Crippen molar-refractivity contribution in [1.29, 1.82) is 0 Å². The van der Waals surface area contributed by atoms with Gasteiger partial charge in [-0.1, -0.05) is 0 Å². The Morgan fingerprint density at radius 2 is 1.76 bits per heavy atom. The van der Waals surface area contributed by atoms with Crippen LogP contribution in [0.5, 0.6) is 5.75 Å². The molecule has 1 unspecified atom stereocenters. The van der Waals surface area contributed by atoms with Crippen molar-refractivity contribution in [3.63, 3.8) is 0 Å². The maximum absolute atomic E-state index is 12.0. The van der Waals surface area contributed by atoms with Crippen LogP contribution in [0.1, 0.15) is 17.3 Å². The first-order valence-electron chi connectivity index (χ1n) is 6.48. The van der Waals surface area contributed by atoms with Gasteiger partial charge in [-0.05, 0) is 31.2 Å². The van der Waals surface area contributed by atoms with E-state index in [0.717, 1.165) is 0 Å². The summed E-state index contributed by atoms with van der Waals surface area (Å²) in [6.07, 6.45) is -0.675. The normalized spacial score (nSPS) is 13.8. The minimum Gasteiger partial charge on any atom is -0.497 e. The molecule has 0 saturated heterocycles. The predicted molar refractivity (Wildman–Crippen MR) is 76.3 cm³/mol. The third-order valence-corrected chi connectivity index (χ3v) is 3.22. The van der Waals surface area contributed by atoms with Crippen LogP contribution in [0, 0.1) is 5.41 Å². The summed E-state index contributed by atoms with van der Waals surface area (Å²) in [4.78, 5) is 12.0. The summed E-state index contributed by atoms with van der Waals surface area (Å²) in [6.45, 7) is 1.45. The lowest BCUT2D eigenvalue weighted by Gasteiger charge is -2.33. The number of rotatable bonds is 8. The number of hydrogen-bond acceptors (Lipinski definition) is 6. The summed E-state index contributed by atoms with van der Waals surface area (Å²) in [5.41, 5.74) is -0.437. The third kappa shape index (κ3) is 4.42. The standard InChI is InChI=1S/C15H22O6/c1-15(9-16,14(19-3)20-4)10-21-13(17)11-5-7-12(18-2)8-6-11/h5-8,14,16H,9-10H2,1-4H3. The largest absolute Gasteiger partial charge is 0.497 e. The second-order valence-corrected chi connectivity index (χ2v) is 4.92. The molecule has 0 amide bonds. The van der Waals surface area contributed by atoms with Crippen LogP contribution in [0.2, 0.25) is 0 Å². The SMILES string of the molecule is COc1ccc(C(=O)OCC(C)(CO)C(OC)OC)cc1. The summed E-state index contributed by atoms with van der Waals surface area (Å²) in [5.74, 6) is 0.175. The van der Waals surface area contributed by atoms with Gasteiger partial charge in [-0.15, -0.1) is 0 Å². The zero-order valence-corrected chi connectivity index (χ0v) is 12.8. The van der Waals surface area contributed by atoms with Gasteiger partial charge >= 0.3 is 5.97 Å². The topological polar surface area (TPSA) is 74.2 Å². The van der Waals surface area contributed by atoms with Gasteiger partial charge in [-0.25, -0.2) is 4.79 Å². The van der Waals surface area contributed by atoms with Crippen molar-refractivity contribution in [2.24, 2.45) is 5.41 Å². The Balaban J connectivity index is 2.69. The molecule has 0 aliphatic rings. The number of hydrogen-bond donors (Lipinski definition) is 1. The first kappa shape index (κ1) is 17.4. The molecule has 118 valence electrons. The Morgan fingerprint density at radius 3 is 2.19 bits per heavy atom. The Kier molecular flexibility index (Phi) is 6.61. The third-order valence-electron chi connectivity index (χ3n) is 3.22. The van der Waals surface area contributed by atoms with Crippen molar-refractivity contribution in [2.45, 2.75) is 13.2 Å². The molecule has 21 heavy (non-hydrogen) atoms. The number of ether oxygens (including phenoxy) is 4. The van der Waals surface area contributed by atoms with Crippen LogP contribution in [0.15, 0.2) is 24.3 Å². The Labute approximate surface area is 124 Å². The predicted octanol–water partition coefficient (Wildman–Crippen LogP) is 1.47. The fraction of sp³-hybridized carbons (Fsp3) is 0.533. The van der Waals surface area contributed by atoms with E-state index in [9.17, 15) is 9.90 Å². The number of esters is 1. The van der Waals surface area contributed by atoms with Gasteiger partial charge in [0.15, 0.2) is 6.29 Å². The maximum atomic E-state index is 12.0. The second-order valence-electron chi connectivity index (χ2n) is 4.92. The number of carbonyl (C=O) groups excluding carboxylic acids is 1. The molecular weight excluding hydrogens is 276 g/mol. The smallest absolute Gasteiger partial charge is 0.338 e. The quantitative estimate of drug-likeness (QED) is 0.578. The Bertz CT molecular complexity index is 440. The lowest BCUT2D eigenvalue weighted by atomic mass is 9.92. The maximum Gasteiger partial charge on any atom is 0.338 e. The first-order valence-corrected chi connectivity index (χ1v) is 6.48. The molecular formula is C15H22O6. The van der Waals surface area contributed by atoms with Crippen molar-refractivity contribution >= 4 is 5.97 Å². The molecule has 0 aliphatic carbocycles. The number of carbonyl (C=O) groups is 1. The van der Waals surface area contributed by atoms with E-state index in [-0.39, 0.29) is 13.2 Å². The van der Waals surface area contributed by atoms with Gasteiger partial charge < -0.3 is 24.1 Å². The molecule has 0 aliphatic heterocycles. The summed E-state index contributed by atoms with van der Waals surface area (Å²) >= 11 is 0. The van der Waals surface area contributed by atoms with Crippen LogP contribution in [0.4, 0.5) is 0 Å². The molecule has 0 saturated carbocycles. The van der Waals surface area contributed by atoms with Crippen molar-refractivity contribution in [3.8, 4) is 5.75 Å². The van der Waals surface area contributed by atoms with E-state index in [1.807, 2.05) is 0 Å². The monoisotopic (exact) mass is 298 g/mol. The van der Waals surface area contributed by atoms with Crippen LogP contribution < -0.4 is 4.74 Å². The Morgan fingerprint density at radius 1 is 1.19 bits per heavy atom. The van der Waals surface area contributed by atoms with Crippen molar-refractivity contribution < 1.29 is 28.8 Å². The minimum absolute atomic E-state index is 0.0271. The lowest BCUT2D eigenvalue weighted by Crippen LogP contribution is -2.43. The molecule has 0 spiro atoms. The number of aliphatic hydroxyl groups is 1. The van der Waals surface area contributed by atoms with Gasteiger partial charge in [0.05, 0.1) is 24.7 Å². The zero-order chi connectivity index (χ0) is 15.9. The average molecular weight is 298 g/mol. The van der Waals surface area contributed by atoms with Gasteiger partial charge in [-0.2, -0.15) is 0 Å². The number of methoxy groups -OCH3 is 3. The van der Waals surface area contributed by atoms with Crippen molar-refractivity contribution in [2.75, 3.05) is 34.5 Å². The van der Waals surface area contributed by atoms with E-state index >= 15 is 0 Å². The zero-order valence-electron chi connectivity index (χ0n) is 12.8. The minimum atomic E-state index is -0.842. The molecule has 6 nitrogen and oxygen atoms in total. The molecule has 0 aromatic heterocycles. The molecule has 1 rings (SSSR count). The number of benzene rings is 1. The van der Waals surface area contributed by atoms with Gasteiger partial charge in [0.1, 0.15) is 12.4 Å². The summed E-state index contributed by atoms with van der Waals surface area (Å²) in [6, 6.07) is 6.58. The van der Waals surface area contributed by atoms with E-state index in [0.29, 0.717) is 11.3 Å². The average Bonchev–Trinajstić information content (AvgIpc) is 2.53. The summed E-state index contributed by atoms with van der Waals surface area (Å²) in [7, 11) is 4.48. The van der Waals surface area contributed by atoms with Gasteiger partial charge in [-0.3, -0.25) is 0 Å². The number of aliphatic hydroxyl groups excluding tert-OH is 1. The summed E-state index contributed by atoms with van der Waals surface area (Å²) in [5, 5.41) is 9.50. The van der Waals surface area contributed by atoms with Crippen molar-refractivity contribution in [3.05, 3.63) is 29.8 Å². The molecule has 6 heteroatoms. The highest BCUT2D eigenvalue weighted by Gasteiger charge is 2.36. The van der Waals surface area contributed by atoms with Crippen molar-refractivity contribution in [1.82, 2.24) is 0 Å².